The van der Waals surface area contributed by atoms with Gasteiger partial charge in [0.2, 0.25) is 0 Å². The Balaban J connectivity index is 2.07. The molecule has 0 bridgehead atoms. The van der Waals surface area contributed by atoms with E-state index in [1.807, 2.05) is 6.07 Å². The highest BCUT2D eigenvalue weighted by Crippen LogP contribution is 2.22. The highest BCUT2D eigenvalue weighted by molar-refractivity contribution is 5.34. The van der Waals surface area contributed by atoms with Crippen molar-refractivity contribution in [1.82, 2.24) is 5.32 Å². The van der Waals surface area contributed by atoms with Crippen LogP contribution in [0, 0.1) is 5.82 Å². The summed E-state index contributed by atoms with van der Waals surface area (Å²) in [6, 6.07) is 5.29. The Bertz CT molecular complexity index is 348. The molecule has 0 aromatic heterocycles. The van der Waals surface area contributed by atoms with Crippen molar-refractivity contribution in [2.75, 3.05) is 13.7 Å². The second-order valence-corrected chi connectivity index (χ2v) is 4.31. The van der Waals surface area contributed by atoms with Crippen molar-refractivity contribution in [3.05, 3.63) is 29.6 Å². The molecule has 1 N–H and O–H groups in total. The number of hydrogen-bond donors (Lipinski definition) is 1. The molecule has 1 atom stereocenters. The van der Waals surface area contributed by atoms with Gasteiger partial charge in [-0.3, -0.25) is 0 Å². The number of ether oxygens (including phenoxy) is 1. The Morgan fingerprint density at radius 2 is 2.31 bits per heavy atom. The van der Waals surface area contributed by atoms with Gasteiger partial charge in [0.1, 0.15) is 11.6 Å². The largest absolute Gasteiger partial charge is 0.496 e. The number of halogens is 1. The van der Waals surface area contributed by atoms with Crippen molar-refractivity contribution in [3.63, 3.8) is 0 Å². The van der Waals surface area contributed by atoms with Crippen LogP contribution in [0.15, 0.2) is 18.2 Å². The fraction of sp³-hybridized carbons (Fsp3) is 0.538. The molecule has 16 heavy (non-hydrogen) atoms. The van der Waals surface area contributed by atoms with Gasteiger partial charge in [0.25, 0.3) is 0 Å². The van der Waals surface area contributed by atoms with E-state index in [2.05, 4.69) is 5.32 Å². The maximum Gasteiger partial charge on any atom is 0.126 e. The fourth-order valence-corrected chi connectivity index (χ4v) is 2.25. The predicted octanol–water partition coefficient (Wildman–Crippen LogP) is 2.52. The van der Waals surface area contributed by atoms with Gasteiger partial charge < -0.3 is 10.1 Å². The molecule has 1 aromatic rings. The molecule has 0 amide bonds. The number of methoxy groups -OCH3 is 1. The second kappa shape index (κ2) is 5.30. The molecule has 2 rings (SSSR count). The molecule has 3 heteroatoms. The lowest BCUT2D eigenvalue weighted by molar-refractivity contribution is 0.380. The van der Waals surface area contributed by atoms with Crippen molar-refractivity contribution in [2.24, 2.45) is 0 Å². The quantitative estimate of drug-likeness (QED) is 0.850. The van der Waals surface area contributed by atoms with Crippen LogP contribution in [0.25, 0.3) is 0 Å². The lowest BCUT2D eigenvalue weighted by Gasteiger charge is -2.24. The predicted molar refractivity (Wildman–Crippen MR) is 62.3 cm³/mol. The molecule has 1 heterocycles. The zero-order valence-electron chi connectivity index (χ0n) is 9.63. The van der Waals surface area contributed by atoms with E-state index >= 15 is 0 Å². The maximum atomic E-state index is 13.0. The molecule has 0 radical (unpaired) electrons. The molecule has 2 nitrogen and oxygen atoms in total. The molecule has 1 aromatic carbocycles. The average Bonchev–Trinajstić information content (AvgIpc) is 2.33. The van der Waals surface area contributed by atoms with Gasteiger partial charge in [-0.1, -0.05) is 12.5 Å². The van der Waals surface area contributed by atoms with Crippen LogP contribution in [0.4, 0.5) is 4.39 Å². The Hall–Kier alpha value is -1.09. The van der Waals surface area contributed by atoms with Gasteiger partial charge in [-0.05, 0) is 37.4 Å². The topological polar surface area (TPSA) is 21.3 Å². The third-order valence-corrected chi connectivity index (χ3v) is 3.13. The maximum absolute atomic E-state index is 13.0. The van der Waals surface area contributed by atoms with Crippen LogP contribution in [-0.2, 0) is 6.42 Å². The summed E-state index contributed by atoms with van der Waals surface area (Å²) in [5.41, 5.74) is 1.09. The zero-order chi connectivity index (χ0) is 11.4. The van der Waals surface area contributed by atoms with E-state index < -0.39 is 0 Å². The molecule has 1 saturated heterocycles. The number of benzene rings is 1. The second-order valence-electron chi connectivity index (χ2n) is 4.31. The highest BCUT2D eigenvalue weighted by atomic mass is 19.1. The van der Waals surface area contributed by atoms with Crippen molar-refractivity contribution in [2.45, 2.75) is 31.7 Å². The molecule has 0 aliphatic carbocycles. The van der Waals surface area contributed by atoms with E-state index in [4.69, 9.17) is 4.74 Å². The standard InChI is InChI=1S/C13H18FNO/c1-16-13-9-11(14)6-5-10(13)8-12-4-2-3-7-15-12/h5-6,9,12,15H,2-4,7-8H2,1H3. The Morgan fingerprint density at radius 3 is 3.00 bits per heavy atom. The first-order valence-corrected chi connectivity index (χ1v) is 5.85. The minimum Gasteiger partial charge on any atom is -0.496 e. The van der Waals surface area contributed by atoms with E-state index in [1.165, 1.54) is 31.4 Å². The first kappa shape index (κ1) is 11.4. The molecule has 1 aliphatic heterocycles. The van der Waals surface area contributed by atoms with Crippen LogP contribution in [0.3, 0.4) is 0 Å². The van der Waals surface area contributed by atoms with E-state index in [9.17, 15) is 4.39 Å². The van der Waals surface area contributed by atoms with E-state index in [0.29, 0.717) is 11.8 Å². The van der Waals surface area contributed by atoms with Crippen LogP contribution >= 0.6 is 0 Å². The lowest BCUT2D eigenvalue weighted by Crippen LogP contribution is -2.35. The van der Waals surface area contributed by atoms with Gasteiger partial charge in [0.05, 0.1) is 7.11 Å². The number of piperidine rings is 1. The number of rotatable bonds is 3. The van der Waals surface area contributed by atoms with Crippen molar-refractivity contribution >= 4 is 0 Å². The van der Waals surface area contributed by atoms with Crippen molar-refractivity contribution < 1.29 is 9.13 Å². The van der Waals surface area contributed by atoms with Crippen LogP contribution in [0.5, 0.6) is 5.75 Å². The third-order valence-electron chi connectivity index (χ3n) is 3.13. The van der Waals surface area contributed by atoms with Crippen LogP contribution in [0.1, 0.15) is 24.8 Å². The normalized spacial score (nSPS) is 20.8. The van der Waals surface area contributed by atoms with Crippen molar-refractivity contribution in [1.29, 1.82) is 0 Å². The first-order chi connectivity index (χ1) is 7.79. The van der Waals surface area contributed by atoms with Crippen LogP contribution in [-0.4, -0.2) is 19.7 Å². The third kappa shape index (κ3) is 2.73. The summed E-state index contributed by atoms with van der Waals surface area (Å²) >= 11 is 0. The van der Waals surface area contributed by atoms with Gasteiger partial charge in [-0.2, -0.15) is 0 Å². The molecule has 0 saturated carbocycles. The molecular formula is C13H18FNO. The molecule has 88 valence electrons. The summed E-state index contributed by atoms with van der Waals surface area (Å²) < 4.78 is 18.2. The Labute approximate surface area is 95.8 Å². The van der Waals surface area contributed by atoms with Gasteiger partial charge in [0, 0.05) is 12.1 Å². The Kier molecular flexibility index (Phi) is 3.78. The zero-order valence-corrected chi connectivity index (χ0v) is 9.63. The smallest absolute Gasteiger partial charge is 0.126 e. The van der Waals surface area contributed by atoms with E-state index in [0.717, 1.165) is 18.5 Å². The summed E-state index contributed by atoms with van der Waals surface area (Å²) in [5, 5.41) is 3.48. The molecule has 1 fully saturated rings. The van der Waals surface area contributed by atoms with Gasteiger partial charge in [-0.15, -0.1) is 0 Å². The summed E-state index contributed by atoms with van der Waals surface area (Å²) in [7, 11) is 1.59. The molecular weight excluding hydrogens is 205 g/mol. The first-order valence-electron chi connectivity index (χ1n) is 5.85. The minimum atomic E-state index is -0.239. The number of hydrogen-bond acceptors (Lipinski definition) is 2. The van der Waals surface area contributed by atoms with E-state index in [-0.39, 0.29) is 5.82 Å². The monoisotopic (exact) mass is 223 g/mol. The van der Waals surface area contributed by atoms with Crippen molar-refractivity contribution in [3.8, 4) is 5.75 Å². The Morgan fingerprint density at radius 1 is 1.44 bits per heavy atom. The van der Waals surface area contributed by atoms with Crippen LogP contribution < -0.4 is 10.1 Å². The molecule has 1 unspecified atom stereocenters. The van der Waals surface area contributed by atoms with Gasteiger partial charge in [0.15, 0.2) is 0 Å². The SMILES string of the molecule is COc1cc(F)ccc1CC1CCCCN1. The summed E-state index contributed by atoms with van der Waals surface area (Å²) in [6.07, 6.45) is 4.65. The van der Waals surface area contributed by atoms with Gasteiger partial charge in [-0.25, -0.2) is 4.39 Å². The fourth-order valence-electron chi connectivity index (χ4n) is 2.25. The summed E-state index contributed by atoms with van der Waals surface area (Å²) in [4.78, 5) is 0. The highest BCUT2D eigenvalue weighted by Gasteiger charge is 2.15. The molecule has 0 spiro atoms. The van der Waals surface area contributed by atoms with Crippen LogP contribution in [0.2, 0.25) is 0 Å². The summed E-state index contributed by atoms with van der Waals surface area (Å²) in [6.45, 7) is 1.09. The molecule has 1 aliphatic rings. The number of nitrogens with one attached hydrogen (secondary N) is 1. The minimum absolute atomic E-state index is 0.239. The van der Waals surface area contributed by atoms with Gasteiger partial charge >= 0.3 is 0 Å². The lowest BCUT2D eigenvalue weighted by atomic mass is 9.97. The average molecular weight is 223 g/mol. The summed E-state index contributed by atoms with van der Waals surface area (Å²) in [5.74, 6) is 0.421. The van der Waals surface area contributed by atoms with E-state index in [1.54, 1.807) is 7.11 Å².